The molecule has 0 N–H and O–H groups in total. The van der Waals surface area contributed by atoms with Crippen molar-refractivity contribution in [2.45, 2.75) is 32.1 Å². The van der Waals surface area contributed by atoms with E-state index in [4.69, 9.17) is 0 Å². The van der Waals surface area contributed by atoms with Crippen LogP contribution in [0.5, 0.6) is 0 Å². The van der Waals surface area contributed by atoms with E-state index in [1.807, 2.05) is 12.2 Å². The molecule has 1 radical (unpaired) electrons. The van der Waals surface area contributed by atoms with Crippen molar-refractivity contribution in [3.63, 3.8) is 0 Å². The molecule has 1 saturated carbocycles. The highest BCUT2D eigenvalue weighted by molar-refractivity contribution is 4.97. The molecule has 0 aromatic carbocycles. The lowest BCUT2D eigenvalue weighted by Crippen LogP contribution is -1.77. The molecule has 1 unspecified atom stereocenters. The average Bonchev–Trinajstić information content (AvgIpc) is 2.80. The first kappa shape index (κ1) is 8.58. The van der Waals surface area contributed by atoms with Crippen molar-refractivity contribution in [3.8, 4) is 0 Å². The van der Waals surface area contributed by atoms with E-state index in [2.05, 4.69) is 19.1 Å². The minimum atomic E-state index is 0.985. The summed E-state index contributed by atoms with van der Waals surface area (Å²) in [4.78, 5) is 0. The highest BCUT2D eigenvalue weighted by atomic mass is 14.2. The third-order valence-electron chi connectivity index (χ3n) is 2.04. The van der Waals surface area contributed by atoms with E-state index in [0.29, 0.717) is 0 Å². The Kier molecular flexibility index (Phi) is 4.03. The fourth-order valence-electron chi connectivity index (χ4n) is 1.19. The molecule has 0 heterocycles. The lowest BCUT2D eigenvalue weighted by atomic mass is 10.1. The summed E-state index contributed by atoms with van der Waals surface area (Å²) < 4.78 is 0. The van der Waals surface area contributed by atoms with Crippen LogP contribution < -0.4 is 0 Å². The average molecular weight is 149 g/mol. The fourth-order valence-corrected chi connectivity index (χ4v) is 1.19. The van der Waals surface area contributed by atoms with Gasteiger partial charge in [-0.2, -0.15) is 0 Å². The van der Waals surface area contributed by atoms with Crippen LogP contribution in [0.2, 0.25) is 0 Å². The van der Waals surface area contributed by atoms with E-state index in [1.54, 1.807) is 0 Å². The summed E-state index contributed by atoms with van der Waals surface area (Å²) in [5.41, 5.74) is 0. The van der Waals surface area contributed by atoms with Gasteiger partial charge in [-0.15, -0.1) is 0 Å². The molecule has 0 heteroatoms. The number of hydrogen-bond donors (Lipinski definition) is 0. The summed E-state index contributed by atoms with van der Waals surface area (Å²) >= 11 is 0. The predicted molar refractivity (Wildman–Crippen MR) is 50.2 cm³/mol. The van der Waals surface area contributed by atoms with Gasteiger partial charge in [0, 0.05) is 0 Å². The summed E-state index contributed by atoms with van der Waals surface area (Å²) in [6.07, 6.45) is 15.2. The van der Waals surface area contributed by atoms with Gasteiger partial charge in [-0.1, -0.05) is 37.6 Å². The molecule has 1 aliphatic rings. The molecule has 0 saturated heterocycles. The van der Waals surface area contributed by atoms with Gasteiger partial charge in [-0.3, -0.25) is 0 Å². The zero-order chi connectivity index (χ0) is 7.94. The molecule has 0 amide bonds. The number of hydrogen-bond acceptors (Lipinski definition) is 0. The summed E-state index contributed by atoms with van der Waals surface area (Å²) in [7, 11) is 0. The number of allylic oxidation sites excluding steroid dienone is 3. The van der Waals surface area contributed by atoms with Gasteiger partial charge in [0.15, 0.2) is 0 Å². The first-order valence-corrected chi connectivity index (χ1v) is 4.54. The van der Waals surface area contributed by atoms with Crippen LogP contribution in [0, 0.1) is 12.3 Å². The van der Waals surface area contributed by atoms with Crippen molar-refractivity contribution in [2.75, 3.05) is 0 Å². The van der Waals surface area contributed by atoms with E-state index in [0.717, 1.165) is 5.92 Å². The van der Waals surface area contributed by atoms with Gasteiger partial charge in [0.05, 0.1) is 0 Å². The SMILES string of the molecule is C=CC=CCCCCC1[CH]C1. The number of rotatable bonds is 6. The molecule has 0 spiro atoms. The summed E-state index contributed by atoms with van der Waals surface area (Å²) in [6.45, 7) is 3.62. The lowest BCUT2D eigenvalue weighted by Gasteiger charge is -1.94. The maximum absolute atomic E-state index is 3.62. The van der Waals surface area contributed by atoms with Crippen LogP contribution in [0.15, 0.2) is 24.8 Å². The van der Waals surface area contributed by atoms with Crippen LogP contribution in [0.1, 0.15) is 32.1 Å². The molecule has 1 atom stereocenters. The van der Waals surface area contributed by atoms with Gasteiger partial charge in [0.1, 0.15) is 0 Å². The summed E-state index contributed by atoms with van der Waals surface area (Å²) in [5.74, 6) is 0.985. The second-order valence-electron chi connectivity index (χ2n) is 3.18. The summed E-state index contributed by atoms with van der Waals surface area (Å²) in [6, 6.07) is 0. The van der Waals surface area contributed by atoms with Gasteiger partial charge in [-0.05, 0) is 31.6 Å². The second kappa shape index (κ2) is 5.17. The van der Waals surface area contributed by atoms with Crippen LogP contribution >= 0.6 is 0 Å². The lowest BCUT2D eigenvalue weighted by molar-refractivity contribution is 0.646. The van der Waals surface area contributed by atoms with Crippen molar-refractivity contribution in [1.29, 1.82) is 0 Å². The van der Waals surface area contributed by atoms with Crippen LogP contribution in [0.25, 0.3) is 0 Å². The highest BCUT2D eigenvalue weighted by Gasteiger charge is 2.20. The summed E-state index contributed by atoms with van der Waals surface area (Å²) in [5, 5.41) is 0. The van der Waals surface area contributed by atoms with Gasteiger partial charge in [0.25, 0.3) is 0 Å². The topological polar surface area (TPSA) is 0 Å². The van der Waals surface area contributed by atoms with E-state index in [1.165, 1.54) is 32.1 Å². The molecule has 0 aliphatic heterocycles. The highest BCUT2D eigenvalue weighted by Crippen LogP contribution is 2.32. The van der Waals surface area contributed by atoms with Gasteiger partial charge in [-0.25, -0.2) is 0 Å². The Balaban J connectivity index is 1.79. The Morgan fingerprint density at radius 3 is 2.91 bits per heavy atom. The Hall–Kier alpha value is -0.520. The van der Waals surface area contributed by atoms with Gasteiger partial charge >= 0.3 is 0 Å². The molecular weight excluding hydrogens is 132 g/mol. The van der Waals surface area contributed by atoms with Crippen molar-refractivity contribution < 1.29 is 0 Å². The third-order valence-corrected chi connectivity index (χ3v) is 2.04. The first-order chi connectivity index (χ1) is 5.43. The minimum Gasteiger partial charge on any atom is -0.0991 e. The Morgan fingerprint density at radius 2 is 2.27 bits per heavy atom. The maximum atomic E-state index is 3.62. The smallest absolute Gasteiger partial charge is 0.0348 e. The third kappa shape index (κ3) is 4.83. The van der Waals surface area contributed by atoms with E-state index >= 15 is 0 Å². The molecule has 1 fully saturated rings. The molecule has 0 bridgehead atoms. The van der Waals surface area contributed by atoms with E-state index in [9.17, 15) is 0 Å². The van der Waals surface area contributed by atoms with Crippen molar-refractivity contribution >= 4 is 0 Å². The quantitative estimate of drug-likeness (QED) is 0.400. The van der Waals surface area contributed by atoms with Crippen LogP contribution in [-0.4, -0.2) is 0 Å². The molecule has 61 valence electrons. The van der Waals surface area contributed by atoms with Crippen LogP contribution in [0.4, 0.5) is 0 Å². The zero-order valence-electron chi connectivity index (χ0n) is 7.13. The van der Waals surface area contributed by atoms with E-state index in [-0.39, 0.29) is 0 Å². The van der Waals surface area contributed by atoms with Crippen LogP contribution in [-0.2, 0) is 0 Å². The predicted octanol–water partition coefficient (Wildman–Crippen LogP) is 3.51. The molecule has 0 nitrogen and oxygen atoms in total. The van der Waals surface area contributed by atoms with Crippen molar-refractivity contribution in [2.24, 2.45) is 5.92 Å². The standard InChI is InChI=1S/C11H17/c1-2-3-4-5-6-7-8-11-9-10-11/h2-4,9,11H,1,5-8,10H2. The first-order valence-electron chi connectivity index (χ1n) is 4.54. The zero-order valence-corrected chi connectivity index (χ0v) is 7.13. The minimum absolute atomic E-state index is 0.985. The fraction of sp³-hybridized carbons (Fsp3) is 0.545. The Bertz CT molecular complexity index is 129. The Morgan fingerprint density at radius 1 is 1.45 bits per heavy atom. The molecule has 0 aromatic rings. The molecule has 1 aliphatic carbocycles. The normalized spacial score (nSPS) is 17.5. The number of unbranched alkanes of at least 4 members (excludes halogenated alkanes) is 2. The molecular formula is C11H17. The van der Waals surface area contributed by atoms with E-state index < -0.39 is 0 Å². The van der Waals surface area contributed by atoms with Crippen molar-refractivity contribution in [3.05, 3.63) is 31.2 Å². The molecule has 1 rings (SSSR count). The van der Waals surface area contributed by atoms with Gasteiger partial charge in [0.2, 0.25) is 0 Å². The molecule has 11 heavy (non-hydrogen) atoms. The molecule has 0 aromatic heterocycles. The Labute approximate surface area is 70.0 Å². The monoisotopic (exact) mass is 149 g/mol. The largest absolute Gasteiger partial charge is 0.0991 e. The second-order valence-corrected chi connectivity index (χ2v) is 3.18. The van der Waals surface area contributed by atoms with Crippen LogP contribution in [0.3, 0.4) is 0 Å². The maximum Gasteiger partial charge on any atom is -0.0348 e. The van der Waals surface area contributed by atoms with Gasteiger partial charge < -0.3 is 0 Å². The van der Waals surface area contributed by atoms with Crippen molar-refractivity contribution in [1.82, 2.24) is 0 Å².